The average molecular weight is 267 g/mol. The third-order valence-corrected chi connectivity index (χ3v) is 3.18. The van der Waals surface area contributed by atoms with Gasteiger partial charge in [-0.1, -0.05) is 18.5 Å². The lowest BCUT2D eigenvalue weighted by Crippen LogP contribution is -2.06. The van der Waals surface area contributed by atoms with Gasteiger partial charge in [-0.2, -0.15) is 0 Å². The van der Waals surface area contributed by atoms with Crippen LogP contribution in [0.2, 0.25) is 5.15 Å². The highest BCUT2D eigenvalue weighted by atomic mass is 35.5. The van der Waals surface area contributed by atoms with Gasteiger partial charge in [0.15, 0.2) is 11.0 Å². The average Bonchev–Trinajstić information content (AvgIpc) is 2.83. The van der Waals surface area contributed by atoms with E-state index in [2.05, 4.69) is 20.5 Å². The molecule has 1 N–H and O–H groups in total. The zero-order chi connectivity index (χ0) is 13.1. The molecule has 0 saturated carbocycles. The molecule has 18 heavy (non-hydrogen) atoms. The number of halogens is 1. The van der Waals surface area contributed by atoms with E-state index in [9.17, 15) is 0 Å². The van der Waals surface area contributed by atoms with Crippen LogP contribution in [0.15, 0.2) is 10.6 Å². The first-order valence-electron chi connectivity index (χ1n) is 5.78. The van der Waals surface area contributed by atoms with Crippen LogP contribution in [0.25, 0.3) is 0 Å². The first-order valence-corrected chi connectivity index (χ1v) is 6.16. The molecule has 0 fully saturated rings. The molecular formula is C12H15ClN4O. The molecular weight excluding hydrogens is 252 g/mol. The predicted octanol–water partition coefficient (Wildman–Crippen LogP) is 2.91. The van der Waals surface area contributed by atoms with Crippen molar-refractivity contribution in [2.24, 2.45) is 0 Å². The summed E-state index contributed by atoms with van der Waals surface area (Å²) in [6.45, 7) is 6.37. The summed E-state index contributed by atoms with van der Waals surface area (Å²) >= 11 is 5.89. The van der Waals surface area contributed by atoms with Gasteiger partial charge < -0.3 is 9.73 Å². The van der Waals surface area contributed by atoms with Gasteiger partial charge in [0, 0.05) is 6.42 Å². The Morgan fingerprint density at radius 3 is 2.72 bits per heavy atom. The monoisotopic (exact) mass is 266 g/mol. The van der Waals surface area contributed by atoms with Crippen LogP contribution in [0.4, 0.5) is 5.82 Å². The van der Waals surface area contributed by atoms with Crippen molar-refractivity contribution < 1.29 is 4.42 Å². The molecule has 2 aromatic rings. The lowest BCUT2D eigenvalue weighted by Gasteiger charge is -2.08. The van der Waals surface area contributed by atoms with E-state index in [1.54, 1.807) is 6.20 Å². The van der Waals surface area contributed by atoms with Crippen molar-refractivity contribution in [2.75, 3.05) is 5.32 Å². The molecule has 0 aromatic carbocycles. The second-order valence-electron chi connectivity index (χ2n) is 4.02. The minimum absolute atomic E-state index is 0.433. The van der Waals surface area contributed by atoms with Gasteiger partial charge in [-0.3, -0.25) is 0 Å². The number of aromatic nitrogens is 3. The van der Waals surface area contributed by atoms with Crippen LogP contribution in [-0.4, -0.2) is 15.2 Å². The molecule has 2 heterocycles. The van der Waals surface area contributed by atoms with Crippen molar-refractivity contribution in [3.63, 3.8) is 0 Å². The molecule has 0 amide bonds. The van der Waals surface area contributed by atoms with Gasteiger partial charge in [-0.05, 0) is 25.0 Å². The number of hydrogen-bond acceptors (Lipinski definition) is 5. The third-order valence-electron chi connectivity index (χ3n) is 2.82. The summed E-state index contributed by atoms with van der Waals surface area (Å²) in [6.07, 6.45) is 2.58. The fourth-order valence-corrected chi connectivity index (χ4v) is 1.68. The number of nitrogens with zero attached hydrogens (tertiary/aromatic N) is 3. The third kappa shape index (κ3) is 2.61. The van der Waals surface area contributed by atoms with Gasteiger partial charge >= 0.3 is 0 Å². The Hall–Kier alpha value is -1.62. The molecule has 0 spiro atoms. The number of oxazole rings is 1. The van der Waals surface area contributed by atoms with E-state index in [1.165, 1.54) is 0 Å². The van der Waals surface area contributed by atoms with Gasteiger partial charge in [0.1, 0.15) is 5.76 Å². The largest absolute Gasteiger partial charge is 0.444 e. The molecule has 0 saturated heterocycles. The Bertz CT molecular complexity index is 553. The number of hydrogen-bond donors (Lipinski definition) is 1. The summed E-state index contributed by atoms with van der Waals surface area (Å²) in [7, 11) is 0. The lowest BCUT2D eigenvalue weighted by atomic mass is 10.2. The highest BCUT2D eigenvalue weighted by Gasteiger charge is 2.09. The first-order chi connectivity index (χ1) is 8.61. The van der Waals surface area contributed by atoms with Crippen LogP contribution >= 0.6 is 11.6 Å². The Morgan fingerprint density at radius 1 is 1.28 bits per heavy atom. The summed E-state index contributed by atoms with van der Waals surface area (Å²) in [5, 5.41) is 11.5. The van der Waals surface area contributed by atoms with Crippen LogP contribution in [-0.2, 0) is 13.0 Å². The molecule has 0 radical (unpaired) electrons. The van der Waals surface area contributed by atoms with Gasteiger partial charge in [-0.15, -0.1) is 10.2 Å². The van der Waals surface area contributed by atoms with Crippen LogP contribution in [0, 0.1) is 13.8 Å². The maximum atomic E-state index is 5.89. The molecule has 0 aliphatic rings. The zero-order valence-electron chi connectivity index (χ0n) is 10.6. The number of nitrogens with one attached hydrogen (secondary N) is 1. The zero-order valence-corrected chi connectivity index (χ0v) is 11.4. The maximum Gasteiger partial charge on any atom is 0.213 e. The molecule has 5 nitrogen and oxygen atoms in total. The van der Waals surface area contributed by atoms with E-state index in [1.807, 2.05) is 20.8 Å². The maximum absolute atomic E-state index is 5.89. The summed E-state index contributed by atoms with van der Waals surface area (Å²) in [5.74, 6) is 2.22. The van der Waals surface area contributed by atoms with Crippen molar-refractivity contribution >= 4 is 17.4 Å². The highest BCUT2D eigenvalue weighted by molar-refractivity contribution is 6.30. The van der Waals surface area contributed by atoms with Crippen LogP contribution in [0.3, 0.4) is 0 Å². The van der Waals surface area contributed by atoms with Gasteiger partial charge in [0.05, 0.1) is 12.7 Å². The van der Waals surface area contributed by atoms with Crippen molar-refractivity contribution in [2.45, 2.75) is 33.7 Å². The quantitative estimate of drug-likeness (QED) is 0.922. The molecule has 6 heteroatoms. The standard InChI is InChI=1S/C12H15ClN4O/c1-4-9-5-14-10(18-9)6-15-12-8(3)7(2)11(13)16-17-12/h5H,4,6H2,1-3H3,(H,15,17). The second-order valence-corrected chi connectivity index (χ2v) is 4.37. The Kier molecular flexibility index (Phi) is 3.81. The van der Waals surface area contributed by atoms with Crippen LogP contribution in [0.5, 0.6) is 0 Å². The van der Waals surface area contributed by atoms with Crippen LogP contribution < -0.4 is 5.32 Å². The summed E-state index contributed by atoms with van der Waals surface area (Å²) in [6, 6.07) is 0. The van der Waals surface area contributed by atoms with E-state index < -0.39 is 0 Å². The first kappa shape index (κ1) is 12.8. The van der Waals surface area contributed by atoms with Crippen molar-refractivity contribution in [3.05, 3.63) is 34.1 Å². The fraction of sp³-hybridized carbons (Fsp3) is 0.417. The van der Waals surface area contributed by atoms with E-state index >= 15 is 0 Å². The SMILES string of the molecule is CCc1cnc(CNc2nnc(Cl)c(C)c2C)o1. The molecule has 0 aliphatic heterocycles. The highest BCUT2D eigenvalue weighted by Crippen LogP contribution is 2.20. The van der Waals surface area contributed by atoms with E-state index in [0.29, 0.717) is 23.4 Å². The van der Waals surface area contributed by atoms with Crippen molar-refractivity contribution in [1.82, 2.24) is 15.2 Å². The number of aryl methyl sites for hydroxylation is 1. The Labute approximate surface area is 111 Å². The molecule has 0 bridgehead atoms. The van der Waals surface area contributed by atoms with Crippen molar-refractivity contribution in [3.8, 4) is 0 Å². The molecule has 96 valence electrons. The summed E-state index contributed by atoms with van der Waals surface area (Å²) in [4.78, 5) is 4.17. The van der Waals surface area contributed by atoms with Gasteiger partial charge in [0.2, 0.25) is 5.89 Å². The summed E-state index contributed by atoms with van der Waals surface area (Å²) in [5.41, 5.74) is 1.91. The normalized spacial score (nSPS) is 10.7. The second kappa shape index (κ2) is 5.35. The number of rotatable bonds is 4. The Morgan fingerprint density at radius 2 is 2.06 bits per heavy atom. The minimum atomic E-state index is 0.433. The van der Waals surface area contributed by atoms with E-state index in [-0.39, 0.29) is 0 Å². The van der Waals surface area contributed by atoms with E-state index in [4.69, 9.17) is 16.0 Å². The van der Waals surface area contributed by atoms with Gasteiger partial charge in [-0.25, -0.2) is 4.98 Å². The smallest absolute Gasteiger partial charge is 0.213 e. The topological polar surface area (TPSA) is 63.8 Å². The molecule has 0 atom stereocenters. The number of anilines is 1. The lowest BCUT2D eigenvalue weighted by molar-refractivity contribution is 0.465. The predicted molar refractivity (Wildman–Crippen MR) is 69.7 cm³/mol. The molecule has 0 aliphatic carbocycles. The molecule has 0 unspecified atom stereocenters. The fourth-order valence-electron chi connectivity index (χ4n) is 1.50. The molecule has 2 aromatic heterocycles. The molecule has 2 rings (SSSR count). The van der Waals surface area contributed by atoms with Crippen molar-refractivity contribution in [1.29, 1.82) is 0 Å². The summed E-state index contributed by atoms with van der Waals surface area (Å²) < 4.78 is 5.50. The van der Waals surface area contributed by atoms with Crippen LogP contribution in [0.1, 0.15) is 29.7 Å². The van der Waals surface area contributed by atoms with Gasteiger partial charge in [0.25, 0.3) is 0 Å². The minimum Gasteiger partial charge on any atom is -0.444 e. The van der Waals surface area contributed by atoms with E-state index in [0.717, 1.165) is 23.3 Å². The Balaban J connectivity index is 2.08.